The SMILES string of the molecule is O=S(=O)(CCCCNC1CC1)Nc1ccc(Br)cc1. The number of hydrogen-bond acceptors (Lipinski definition) is 3. The Morgan fingerprint density at radius 2 is 1.84 bits per heavy atom. The number of hydrogen-bond donors (Lipinski definition) is 2. The molecule has 6 heteroatoms. The molecule has 2 N–H and O–H groups in total. The summed E-state index contributed by atoms with van der Waals surface area (Å²) in [5, 5.41) is 3.38. The van der Waals surface area contributed by atoms with Gasteiger partial charge in [-0.25, -0.2) is 8.42 Å². The van der Waals surface area contributed by atoms with Gasteiger partial charge in [-0.05, 0) is 56.5 Å². The van der Waals surface area contributed by atoms with Gasteiger partial charge in [0.05, 0.1) is 5.75 Å². The van der Waals surface area contributed by atoms with Gasteiger partial charge in [0, 0.05) is 16.2 Å². The molecule has 2 rings (SSSR count). The minimum absolute atomic E-state index is 0.176. The van der Waals surface area contributed by atoms with Crippen molar-refractivity contribution in [3.8, 4) is 0 Å². The van der Waals surface area contributed by atoms with Crippen LogP contribution in [0.15, 0.2) is 28.7 Å². The summed E-state index contributed by atoms with van der Waals surface area (Å²) >= 11 is 3.32. The molecule has 0 atom stereocenters. The molecule has 1 saturated carbocycles. The van der Waals surface area contributed by atoms with Crippen molar-refractivity contribution in [3.05, 3.63) is 28.7 Å². The summed E-state index contributed by atoms with van der Waals surface area (Å²) in [4.78, 5) is 0. The summed E-state index contributed by atoms with van der Waals surface area (Å²) < 4.78 is 27.2. The zero-order valence-corrected chi connectivity index (χ0v) is 13.1. The van der Waals surface area contributed by atoms with Gasteiger partial charge in [-0.3, -0.25) is 4.72 Å². The minimum Gasteiger partial charge on any atom is -0.314 e. The summed E-state index contributed by atoms with van der Waals surface area (Å²) in [6.07, 6.45) is 4.12. The van der Waals surface area contributed by atoms with Crippen LogP contribution in [0.1, 0.15) is 25.7 Å². The molecule has 0 aromatic heterocycles. The maximum absolute atomic E-state index is 11.9. The fourth-order valence-electron chi connectivity index (χ4n) is 1.76. The second-order valence-corrected chi connectivity index (χ2v) is 7.62. The number of anilines is 1. The largest absolute Gasteiger partial charge is 0.314 e. The van der Waals surface area contributed by atoms with Gasteiger partial charge in [-0.15, -0.1) is 0 Å². The third kappa shape index (κ3) is 5.93. The van der Waals surface area contributed by atoms with Crippen LogP contribution in [0.2, 0.25) is 0 Å². The van der Waals surface area contributed by atoms with E-state index in [1.165, 1.54) is 12.8 Å². The van der Waals surface area contributed by atoms with Crippen molar-refractivity contribution in [1.82, 2.24) is 5.32 Å². The highest BCUT2D eigenvalue weighted by atomic mass is 79.9. The highest BCUT2D eigenvalue weighted by Gasteiger charge is 2.19. The van der Waals surface area contributed by atoms with Crippen molar-refractivity contribution in [3.63, 3.8) is 0 Å². The Balaban J connectivity index is 1.69. The van der Waals surface area contributed by atoms with E-state index in [9.17, 15) is 8.42 Å². The van der Waals surface area contributed by atoms with Gasteiger partial charge in [0.25, 0.3) is 0 Å². The molecule has 0 amide bonds. The zero-order chi connectivity index (χ0) is 13.7. The van der Waals surface area contributed by atoms with E-state index in [-0.39, 0.29) is 5.75 Å². The lowest BCUT2D eigenvalue weighted by Gasteiger charge is -2.08. The molecule has 19 heavy (non-hydrogen) atoms. The first kappa shape index (κ1) is 14.8. The molecule has 0 heterocycles. The number of rotatable bonds is 8. The maximum atomic E-state index is 11.9. The van der Waals surface area contributed by atoms with E-state index in [0.29, 0.717) is 18.2 Å². The average Bonchev–Trinajstić information content (AvgIpc) is 3.15. The molecule has 0 unspecified atom stereocenters. The normalized spacial score (nSPS) is 15.4. The molecule has 0 spiro atoms. The molecule has 0 bridgehead atoms. The van der Waals surface area contributed by atoms with Gasteiger partial charge in [0.1, 0.15) is 0 Å². The van der Waals surface area contributed by atoms with Gasteiger partial charge < -0.3 is 5.32 Å². The topological polar surface area (TPSA) is 58.2 Å². The first-order chi connectivity index (χ1) is 9.05. The van der Waals surface area contributed by atoms with E-state index in [1.54, 1.807) is 12.1 Å². The van der Waals surface area contributed by atoms with Crippen molar-refractivity contribution in [2.45, 2.75) is 31.7 Å². The number of unbranched alkanes of at least 4 members (excludes halogenated alkanes) is 1. The van der Waals surface area contributed by atoms with E-state index in [0.717, 1.165) is 17.4 Å². The Hall–Kier alpha value is -0.590. The Bertz CT molecular complexity index is 498. The van der Waals surface area contributed by atoms with Crippen molar-refractivity contribution in [2.24, 2.45) is 0 Å². The number of nitrogens with one attached hydrogen (secondary N) is 2. The predicted octanol–water partition coefficient (Wildman–Crippen LogP) is 2.72. The molecule has 1 aliphatic carbocycles. The summed E-state index contributed by atoms with van der Waals surface area (Å²) in [5.74, 6) is 0.176. The van der Waals surface area contributed by atoms with Gasteiger partial charge in [0.15, 0.2) is 0 Å². The number of sulfonamides is 1. The molecule has 0 radical (unpaired) electrons. The molecule has 1 fully saturated rings. The molecule has 4 nitrogen and oxygen atoms in total. The molecule has 106 valence electrons. The van der Waals surface area contributed by atoms with Crippen molar-refractivity contribution in [2.75, 3.05) is 17.0 Å². The van der Waals surface area contributed by atoms with Crippen LogP contribution in [0.3, 0.4) is 0 Å². The average molecular weight is 347 g/mol. The fraction of sp³-hybridized carbons (Fsp3) is 0.538. The van der Waals surface area contributed by atoms with Crippen LogP contribution >= 0.6 is 15.9 Å². The Labute approximate surface area is 123 Å². The Kier molecular flexibility index (Phi) is 5.24. The Morgan fingerprint density at radius 1 is 1.16 bits per heavy atom. The van der Waals surface area contributed by atoms with Crippen LogP contribution in [-0.2, 0) is 10.0 Å². The number of benzene rings is 1. The molecular formula is C13H19BrN2O2S. The van der Waals surface area contributed by atoms with Crippen LogP contribution in [0.25, 0.3) is 0 Å². The quantitative estimate of drug-likeness (QED) is 0.711. The van der Waals surface area contributed by atoms with Crippen LogP contribution in [0, 0.1) is 0 Å². The third-order valence-electron chi connectivity index (χ3n) is 2.97. The zero-order valence-electron chi connectivity index (χ0n) is 10.7. The number of halogens is 1. The first-order valence-corrected chi connectivity index (χ1v) is 8.99. The lowest BCUT2D eigenvalue weighted by Crippen LogP contribution is -2.20. The molecule has 0 aliphatic heterocycles. The lowest BCUT2D eigenvalue weighted by atomic mass is 10.3. The van der Waals surface area contributed by atoms with E-state index < -0.39 is 10.0 Å². The van der Waals surface area contributed by atoms with Gasteiger partial charge in [0.2, 0.25) is 10.0 Å². The smallest absolute Gasteiger partial charge is 0.232 e. The molecule has 0 saturated heterocycles. The van der Waals surface area contributed by atoms with Crippen molar-refractivity contribution in [1.29, 1.82) is 0 Å². The standard InChI is InChI=1S/C13H19BrN2O2S/c14-11-3-5-13(6-4-11)16-19(17,18)10-2-1-9-15-12-7-8-12/h3-6,12,15-16H,1-2,7-10H2. The van der Waals surface area contributed by atoms with Gasteiger partial charge >= 0.3 is 0 Å². The fourth-order valence-corrected chi connectivity index (χ4v) is 3.21. The Morgan fingerprint density at radius 3 is 2.47 bits per heavy atom. The molecule has 1 aliphatic rings. The van der Waals surface area contributed by atoms with E-state index in [1.807, 2.05) is 12.1 Å². The lowest BCUT2D eigenvalue weighted by molar-refractivity contribution is 0.591. The second kappa shape index (κ2) is 6.72. The molecule has 1 aromatic carbocycles. The molecule has 1 aromatic rings. The van der Waals surface area contributed by atoms with Crippen molar-refractivity contribution >= 4 is 31.6 Å². The van der Waals surface area contributed by atoms with Crippen LogP contribution in [0.5, 0.6) is 0 Å². The summed E-state index contributed by atoms with van der Waals surface area (Å²) in [6, 6.07) is 7.82. The third-order valence-corrected chi connectivity index (χ3v) is 4.87. The first-order valence-electron chi connectivity index (χ1n) is 6.55. The monoisotopic (exact) mass is 346 g/mol. The second-order valence-electron chi connectivity index (χ2n) is 4.86. The van der Waals surface area contributed by atoms with E-state index in [2.05, 4.69) is 26.0 Å². The van der Waals surface area contributed by atoms with Gasteiger partial charge in [-0.1, -0.05) is 15.9 Å². The van der Waals surface area contributed by atoms with Crippen LogP contribution < -0.4 is 10.0 Å². The predicted molar refractivity (Wildman–Crippen MR) is 81.8 cm³/mol. The highest BCUT2D eigenvalue weighted by molar-refractivity contribution is 9.10. The summed E-state index contributed by atoms with van der Waals surface area (Å²) in [5.41, 5.74) is 0.610. The van der Waals surface area contributed by atoms with Gasteiger partial charge in [-0.2, -0.15) is 0 Å². The van der Waals surface area contributed by atoms with Crippen LogP contribution in [0.4, 0.5) is 5.69 Å². The van der Waals surface area contributed by atoms with E-state index in [4.69, 9.17) is 0 Å². The maximum Gasteiger partial charge on any atom is 0.232 e. The van der Waals surface area contributed by atoms with E-state index >= 15 is 0 Å². The molecular weight excluding hydrogens is 328 g/mol. The summed E-state index contributed by atoms with van der Waals surface area (Å²) in [6.45, 7) is 0.915. The summed E-state index contributed by atoms with van der Waals surface area (Å²) in [7, 11) is -3.23. The van der Waals surface area contributed by atoms with Crippen molar-refractivity contribution < 1.29 is 8.42 Å². The highest BCUT2D eigenvalue weighted by Crippen LogP contribution is 2.18. The van der Waals surface area contributed by atoms with Crippen LogP contribution in [-0.4, -0.2) is 26.8 Å². The minimum atomic E-state index is -3.23.